The van der Waals surface area contributed by atoms with Gasteiger partial charge in [-0.1, -0.05) is 43.7 Å². The van der Waals surface area contributed by atoms with E-state index >= 15 is 0 Å². The standard InChI is InChI=1S/C22H32O/c1-15-7-8-16(2)19(14-15)10-9-18-6-5-13-22(4)20(17(3)23)11-12-21(18)22/h9-10,15,20-21H,2,5-8,11-14H2,1,3-4H3/b18-9+,19-10-/t15-,20?,21?,22?/m0/s1. The maximum atomic E-state index is 12.1. The first-order valence-electron chi connectivity index (χ1n) is 9.50. The Morgan fingerprint density at radius 3 is 2.74 bits per heavy atom. The van der Waals surface area contributed by atoms with Gasteiger partial charge in [0, 0.05) is 5.92 Å². The Hall–Kier alpha value is -1.11. The van der Waals surface area contributed by atoms with Crippen molar-refractivity contribution < 1.29 is 4.79 Å². The van der Waals surface area contributed by atoms with E-state index in [-0.39, 0.29) is 11.3 Å². The maximum Gasteiger partial charge on any atom is 0.133 e. The van der Waals surface area contributed by atoms with E-state index in [4.69, 9.17) is 0 Å². The van der Waals surface area contributed by atoms with Crippen LogP contribution in [0.4, 0.5) is 0 Å². The summed E-state index contributed by atoms with van der Waals surface area (Å²) in [5, 5.41) is 0. The van der Waals surface area contributed by atoms with Gasteiger partial charge in [0.05, 0.1) is 0 Å². The zero-order valence-corrected chi connectivity index (χ0v) is 15.2. The molecule has 3 fully saturated rings. The van der Waals surface area contributed by atoms with Gasteiger partial charge in [0.1, 0.15) is 5.78 Å². The first-order chi connectivity index (χ1) is 10.9. The zero-order chi connectivity index (χ0) is 16.6. The molecule has 0 N–H and O–H groups in total. The van der Waals surface area contributed by atoms with Crippen LogP contribution in [0.1, 0.15) is 72.1 Å². The van der Waals surface area contributed by atoms with Crippen LogP contribution in [0.25, 0.3) is 0 Å². The Morgan fingerprint density at radius 2 is 2.00 bits per heavy atom. The highest BCUT2D eigenvalue weighted by Crippen LogP contribution is 2.57. The summed E-state index contributed by atoms with van der Waals surface area (Å²) in [5.41, 5.74) is 4.61. The number of allylic oxidation sites excluding steroid dienone is 5. The molecule has 0 aromatic heterocycles. The number of hydrogen-bond acceptors (Lipinski definition) is 1. The lowest BCUT2D eigenvalue weighted by Crippen LogP contribution is -2.36. The van der Waals surface area contributed by atoms with Crippen LogP contribution in [0, 0.1) is 23.2 Å². The van der Waals surface area contributed by atoms with E-state index < -0.39 is 0 Å². The Labute approximate surface area is 141 Å². The van der Waals surface area contributed by atoms with Gasteiger partial charge in [-0.15, -0.1) is 0 Å². The second-order valence-corrected chi connectivity index (χ2v) is 8.54. The van der Waals surface area contributed by atoms with E-state index in [1.165, 1.54) is 49.7 Å². The fraction of sp³-hybridized carbons (Fsp3) is 0.682. The van der Waals surface area contributed by atoms with Crippen molar-refractivity contribution in [1.29, 1.82) is 0 Å². The summed E-state index contributed by atoms with van der Waals surface area (Å²) < 4.78 is 0. The van der Waals surface area contributed by atoms with Gasteiger partial charge in [0.2, 0.25) is 0 Å². The lowest BCUT2D eigenvalue weighted by molar-refractivity contribution is -0.124. The smallest absolute Gasteiger partial charge is 0.133 e. The van der Waals surface area contributed by atoms with Gasteiger partial charge >= 0.3 is 0 Å². The minimum absolute atomic E-state index is 0.214. The number of fused-ring (bicyclic) bond motifs is 1. The lowest BCUT2D eigenvalue weighted by Gasteiger charge is -2.41. The summed E-state index contributed by atoms with van der Waals surface area (Å²) in [6, 6.07) is 0. The molecule has 0 heterocycles. The Kier molecular flexibility index (Phi) is 4.67. The lowest BCUT2D eigenvalue weighted by atomic mass is 9.63. The second kappa shape index (κ2) is 6.42. The Morgan fingerprint density at radius 1 is 1.22 bits per heavy atom. The highest BCUT2D eigenvalue weighted by Gasteiger charge is 2.50. The molecule has 0 radical (unpaired) electrons. The molecule has 0 saturated heterocycles. The van der Waals surface area contributed by atoms with E-state index in [9.17, 15) is 4.79 Å². The molecule has 3 aliphatic rings. The van der Waals surface area contributed by atoms with Gasteiger partial charge in [-0.05, 0) is 81.1 Å². The number of carbonyl (C=O) groups is 1. The van der Waals surface area contributed by atoms with Gasteiger partial charge in [-0.25, -0.2) is 0 Å². The van der Waals surface area contributed by atoms with Crippen molar-refractivity contribution in [3.8, 4) is 0 Å². The van der Waals surface area contributed by atoms with Crippen LogP contribution in [0.15, 0.2) is 35.5 Å². The normalized spacial score (nSPS) is 41.3. The van der Waals surface area contributed by atoms with Crippen LogP contribution in [0.5, 0.6) is 0 Å². The van der Waals surface area contributed by atoms with Crippen molar-refractivity contribution in [1.82, 2.24) is 0 Å². The fourth-order valence-corrected chi connectivity index (χ4v) is 5.50. The van der Waals surface area contributed by atoms with Crippen LogP contribution >= 0.6 is 0 Å². The largest absolute Gasteiger partial charge is 0.300 e. The predicted molar refractivity (Wildman–Crippen MR) is 97.2 cm³/mol. The van der Waals surface area contributed by atoms with Crippen LogP contribution < -0.4 is 0 Å². The molecule has 126 valence electrons. The molecule has 4 atom stereocenters. The highest BCUT2D eigenvalue weighted by atomic mass is 16.1. The average molecular weight is 312 g/mol. The summed E-state index contributed by atoms with van der Waals surface area (Å²) in [4.78, 5) is 12.1. The summed E-state index contributed by atoms with van der Waals surface area (Å²) in [5.74, 6) is 2.10. The van der Waals surface area contributed by atoms with Crippen LogP contribution in [-0.2, 0) is 4.79 Å². The van der Waals surface area contributed by atoms with E-state index in [1.807, 2.05) is 0 Å². The molecule has 3 saturated carbocycles. The van der Waals surface area contributed by atoms with Crippen LogP contribution in [0.3, 0.4) is 0 Å². The molecule has 0 aromatic rings. The molecule has 0 bridgehead atoms. The summed E-state index contributed by atoms with van der Waals surface area (Å²) in [7, 11) is 0. The Bertz CT molecular complexity index is 565. The minimum Gasteiger partial charge on any atom is -0.300 e. The quantitative estimate of drug-likeness (QED) is 0.609. The van der Waals surface area contributed by atoms with Crippen molar-refractivity contribution in [2.24, 2.45) is 23.2 Å². The molecule has 0 aromatic carbocycles. The molecular weight excluding hydrogens is 280 g/mol. The first kappa shape index (κ1) is 16.7. The van der Waals surface area contributed by atoms with Crippen LogP contribution in [0.2, 0.25) is 0 Å². The monoisotopic (exact) mass is 312 g/mol. The number of ketones is 1. The Balaban J connectivity index is 1.83. The van der Waals surface area contributed by atoms with Crippen molar-refractivity contribution >= 4 is 5.78 Å². The third-order valence-corrected chi connectivity index (χ3v) is 6.92. The van der Waals surface area contributed by atoms with E-state index in [0.29, 0.717) is 11.7 Å². The number of carbonyl (C=O) groups excluding carboxylic acids is 1. The molecule has 1 heteroatoms. The van der Waals surface area contributed by atoms with Gasteiger partial charge in [-0.2, -0.15) is 0 Å². The van der Waals surface area contributed by atoms with Gasteiger partial charge in [0.25, 0.3) is 0 Å². The molecular formula is C22H32O. The molecule has 23 heavy (non-hydrogen) atoms. The molecule has 0 spiro atoms. The summed E-state index contributed by atoms with van der Waals surface area (Å²) in [6.45, 7) is 10.8. The topological polar surface area (TPSA) is 17.1 Å². The SMILES string of the molecule is C=C1CC[C@H](C)C/C1=C/C=C1\CCCC2(C)C(C(C)=O)CCC12. The van der Waals surface area contributed by atoms with Gasteiger partial charge in [0.15, 0.2) is 0 Å². The van der Waals surface area contributed by atoms with Gasteiger partial charge < -0.3 is 0 Å². The molecule has 3 rings (SSSR count). The third-order valence-electron chi connectivity index (χ3n) is 6.92. The number of rotatable bonds is 2. The summed E-state index contributed by atoms with van der Waals surface area (Å²) in [6.07, 6.45) is 14.4. The minimum atomic E-state index is 0.214. The molecule has 1 nitrogen and oxygen atoms in total. The highest BCUT2D eigenvalue weighted by molar-refractivity contribution is 5.79. The second-order valence-electron chi connectivity index (χ2n) is 8.54. The van der Waals surface area contributed by atoms with E-state index in [2.05, 4.69) is 32.6 Å². The van der Waals surface area contributed by atoms with Crippen LogP contribution in [-0.4, -0.2) is 5.78 Å². The fourth-order valence-electron chi connectivity index (χ4n) is 5.50. The number of Topliss-reactive ketones (excluding diaryl/α,β-unsaturated/α-hetero) is 1. The molecule has 0 amide bonds. The average Bonchev–Trinajstić information content (AvgIpc) is 2.86. The molecule has 3 aliphatic carbocycles. The first-order valence-corrected chi connectivity index (χ1v) is 9.50. The number of hydrogen-bond donors (Lipinski definition) is 0. The van der Waals surface area contributed by atoms with E-state index in [1.54, 1.807) is 12.5 Å². The van der Waals surface area contributed by atoms with Crippen molar-refractivity contribution in [3.63, 3.8) is 0 Å². The predicted octanol–water partition coefficient (Wildman–Crippen LogP) is 6.02. The maximum absolute atomic E-state index is 12.1. The third kappa shape index (κ3) is 3.12. The van der Waals surface area contributed by atoms with Crippen molar-refractivity contribution in [3.05, 3.63) is 35.5 Å². The van der Waals surface area contributed by atoms with E-state index in [0.717, 1.165) is 18.8 Å². The van der Waals surface area contributed by atoms with Gasteiger partial charge in [-0.3, -0.25) is 4.79 Å². The molecule has 0 aliphatic heterocycles. The van der Waals surface area contributed by atoms with Crippen molar-refractivity contribution in [2.75, 3.05) is 0 Å². The zero-order valence-electron chi connectivity index (χ0n) is 15.2. The summed E-state index contributed by atoms with van der Waals surface area (Å²) >= 11 is 0. The van der Waals surface area contributed by atoms with Crippen molar-refractivity contribution in [2.45, 2.75) is 72.1 Å². The molecule has 3 unspecified atom stereocenters.